The molecule has 2 heterocycles. The van der Waals surface area contributed by atoms with E-state index < -0.39 is 11.7 Å². The summed E-state index contributed by atoms with van der Waals surface area (Å²) in [7, 11) is 8.27. The highest BCUT2D eigenvalue weighted by atomic mass is 19.4. The summed E-state index contributed by atoms with van der Waals surface area (Å²) in [5.74, 6) is 0.763. The summed E-state index contributed by atoms with van der Waals surface area (Å²) < 4.78 is 45.8. The first-order chi connectivity index (χ1) is 16.5. The molecular formula is C24H31F3N6O2. The second-order valence-electron chi connectivity index (χ2n) is 8.27. The van der Waals surface area contributed by atoms with Gasteiger partial charge in [0.2, 0.25) is 0 Å². The van der Waals surface area contributed by atoms with Gasteiger partial charge in [-0.1, -0.05) is 6.58 Å². The van der Waals surface area contributed by atoms with Crippen LogP contribution in [-0.2, 0) is 0 Å². The number of anilines is 4. The van der Waals surface area contributed by atoms with Crippen LogP contribution in [0.4, 0.5) is 36.2 Å². The van der Waals surface area contributed by atoms with Crippen LogP contribution in [-0.4, -0.2) is 88.3 Å². The number of alkyl halides is 3. The number of pyridine rings is 1. The molecule has 0 aliphatic carbocycles. The number of ether oxygens (including phenoxy) is 1. The Morgan fingerprint density at radius 3 is 2.34 bits per heavy atom. The van der Waals surface area contributed by atoms with Crippen molar-refractivity contribution in [2.24, 2.45) is 0 Å². The van der Waals surface area contributed by atoms with Crippen LogP contribution in [0.2, 0.25) is 0 Å². The zero-order valence-electron chi connectivity index (χ0n) is 20.6. The fraction of sp³-hybridized carbons (Fsp3) is 0.417. The summed E-state index contributed by atoms with van der Waals surface area (Å²) >= 11 is 0. The van der Waals surface area contributed by atoms with Crippen molar-refractivity contribution in [1.82, 2.24) is 14.8 Å². The van der Waals surface area contributed by atoms with Gasteiger partial charge in [-0.25, -0.2) is 4.98 Å². The molecule has 0 unspecified atom stereocenters. The van der Waals surface area contributed by atoms with Gasteiger partial charge in [-0.3, -0.25) is 4.79 Å². The summed E-state index contributed by atoms with van der Waals surface area (Å²) in [4.78, 5) is 23.1. The highest BCUT2D eigenvalue weighted by Crippen LogP contribution is 2.42. The number of allylic oxidation sites excluding steroid dienone is 1. The van der Waals surface area contributed by atoms with Gasteiger partial charge < -0.3 is 30.1 Å². The molecule has 8 nitrogen and oxygen atoms in total. The van der Waals surface area contributed by atoms with Crippen LogP contribution < -0.4 is 20.3 Å². The van der Waals surface area contributed by atoms with Crippen molar-refractivity contribution in [3.63, 3.8) is 0 Å². The molecule has 190 valence electrons. The molecule has 0 bridgehead atoms. The number of carbonyl (C=O) groups excluding carboxylic acids is 1. The third kappa shape index (κ3) is 5.45. The van der Waals surface area contributed by atoms with Gasteiger partial charge in [0.25, 0.3) is 5.91 Å². The summed E-state index contributed by atoms with van der Waals surface area (Å²) in [5, 5.41) is 5.55. The van der Waals surface area contributed by atoms with E-state index >= 15 is 0 Å². The molecular weight excluding hydrogens is 461 g/mol. The van der Waals surface area contributed by atoms with Crippen LogP contribution in [0.15, 0.2) is 30.8 Å². The molecule has 11 heteroatoms. The van der Waals surface area contributed by atoms with E-state index in [2.05, 4.69) is 27.1 Å². The van der Waals surface area contributed by atoms with Crippen molar-refractivity contribution >= 4 is 34.5 Å². The van der Waals surface area contributed by atoms with E-state index in [-0.39, 0.29) is 23.0 Å². The molecule has 1 saturated heterocycles. The lowest BCUT2D eigenvalue weighted by molar-refractivity contribution is -0.0686. The zero-order chi connectivity index (χ0) is 25.9. The van der Waals surface area contributed by atoms with Crippen molar-refractivity contribution in [2.45, 2.75) is 6.18 Å². The molecule has 0 radical (unpaired) electrons. The molecule has 0 spiro atoms. The van der Waals surface area contributed by atoms with Gasteiger partial charge in [-0.15, -0.1) is 0 Å². The predicted octanol–water partition coefficient (Wildman–Crippen LogP) is 3.90. The van der Waals surface area contributed by atoms with Gasteiger partial charge in [-0.2, -0.15) is 13.2 Å². The highest BCUT2D eigenvalue weighted by Gasteiger charge is 2.36. The predicted molar refractivity (Wildman–Crippen MR) is 133 cm³/mol. The van der Waals surface area contributed by atoms with E-state index in [0.29, 0.717) is 35.9 Å². The number of nitrogens with one attached hydrogen (secondary N) is 2. The van der Waals surface area contributed by atoms with Gasteiger partial charge in [0, 0.05) is 64.6 Å². The van der Waals surface area contributed by atoms with Crippen molar-refractivity contribution in [3.8, 4) is 5.75 Å². The molecule has 1 aromatic carbocycles. The molecule has 0 atom stereocenters. The Morgan fingerprint density at radius 2 is 1.80 bits per heavy atom. The number of hydrogen-bond donors (Lipinski definition) is 2. The van der Waals surface area contributed by atoms with Gasteiger partial charge in [0.1, 0.15) is 17.4 Å². The van der Waals surface area contributed by atoms with Crippen molar-refractivity contribution in [2.75, 3.05) is 77.0 Å². The monoisotopic (exact) mass is 492 g/mol. The Morgan fingerprint density at radius 1 is 1.14 bits per heavy atom. The van der Waals surface area contributed by atoms with Crippen LogP contribution in [0, 0.1) is 0 Å². The number of benzene rings is 1. The van der Waals surface area contributed by atoms with Crippen molar-refractivity contribution in [3.05, 3.63) is 42.0 Å². The number of rotatable bonds is 7. The van der Waals surface area contributed by atoms with E-state index in [0.717, 1.165) is 13.1 Å². The quantitative estimate of drug-likeness (QED) is 0.607. The van der Waals surface area contributed by atoms with Crippen LogP contribution in [0.25, 0.3) is 5.57 Å². The van der Waals surface area contributed by atoms with E-state index in [9.17, 15) is 18.0 Å². The maximum absolute atomic E-state index is 13.4. The Labute approximate surface area is 203 Å². The van der Waals surface area contributed by atoms with Crippen LogP contribution in [0.5, 0.6) is 5.75 Å². The molecule has 3 rings (SSSR count). The van der Waals surface area contributed by atoms with Gasteiger partial charge in [0.05, 0.1) is 23.9 Å². The fourth-order valence-corrected chi connectivity index (χ4v) is 3.93. The van der Waals surface area contributed by atoms with Crippen molar-refractivity contribution < 1.29 is 22.7 Å². The largest absolute Gasteiger partial charge is 0.495 e. The SMILES string of the molecule is C=C(c1c(NC)cc(N(C)c2ccc(C(=O)N3CCN(C)CC3)cc2OC)nc1NC)C(F)(F)F. The molecule has 1 aliphatic heterocycles. The molecule has 0 saturated carbocycles. The first-order valence-electron chi connectivity index (χ1n) is 11.1. The van der Waals surface area contributed by atoms with Crippen molar-refractivity contribution in [1.29, 1.82) is 0 Å². The maximum Gasteiger partial charge on any atom is 0.416 e. The van der Waals surface area contributed by atoms with Gasteiger partial charge >= 0.3 is 6.18 Å². The van der Waals surface area contributed by atoms with Crippen LogP contribution in [0.1, 0.15) is 15.9 Å². The number of likely N-dealkylation sites (N-methyl/N-ethyl adjacent to an activating group) is 1. The van der Waals surface area contributed by atoms with E-state index in [1.54, 1.807) is 30.1 Å². The number of methoxy groups -OCH3 is 1. The first-order valence-corrected chi connectivity index (χ1v) is 11.1. The third-order valence-corrected chi connectivity index (χ3v) is 6.08. The number of amides is 1. The Hall–Kier alpha value is -3.47. The number of nitrogens with zero attached hydrogens (tertiary/aromatic N) is 4. The Kier molecular flexibility index (Phi) is 7.79. The lowest BCUT2D eigenvalue weighted by Crippen LogP contribution is -2.47. The standard InChI is InChI=1S/C24H31F3N6O2/c1-15(24(25,26)27)21-17(28-2)14-20(30-22(21)29-3)32(5)18-8-7-16(13-19(18)35-6)23(34)33-11-9-31(4)10-12-33/h7-8,13-14H,1,9-12H2,2-6H3,(H2,28,29,30). The van der Waals surface area contributed by atoms with Gasteiger partial charge in [0.15, 0.2) is 0 Å². The smallest absolute Gasteiger partial charge is 0.416 e. The topological polar surface area (TPSA) is 73.0 Å². The van der Waals surface area contributed by atoms with Crippen LogP contribution >= 0.6 is 0 Å². The maximum atomic E-state index is 13.4. The molecule has 35 heavy (non-hydrogen) atoms. The third-order valence-electron chi connectivity index (χ3n) is 6.08. The average molecular weight is 493 g/mol. The average Bonchev–Trinajstić information content (AvgIpc) is 2.85. The molecule has 2 N–H and O–H groups in total. The highest BCUT2D eigenvalue weighted by molar-refractivity contribution is 5.96. The number of carbonyl (C=O) groups is 1. The first kappa shape index (κ1) is 26.1. The minimum atomic E-state index is -4.61. The number of halogens is 3. The summed E-state index contributed by atoms with van der Waals surface area (Å²) in [5.41, 5.74) is 0.160. The Bertz CT molecular complexity index is 1070. The molecule has 1 aromatic heterocycles. The molecule has 1 aliphatic rings. The lowest BCUT2D eigenvalue weighted by Gasteiger charge is -2.32. The van der Waals surface area contributed by atoms with E-state index in [4.69, 9.17) is 4.74 Å². The van der Waals surface area contributed by atoms with E-state index in [1.807, 2.05) is 11.9 Å². The Balaban J connectivity index is 1.97. The molecule has 2 aromatic rings. The lowest BCUT2D eigenvalue weighted by atomic mass is 10.1. The number of piperazine rings is 1. The molecule has 1 fully saturated rings. The second-order valence-corrected chi connectivity index (χ2v) is 8.27. The number of aromatic nitrogens is 1. The fourth-order valence-electron chi connectivity index (χ4n) is 3.93. The summed E-state index contributed by atoms with van der Waals surface area (Å²) in [6.45, 7) is 6.15. The summed E-state index contributed by atoms with van der Waals surface area (Å²) in [6.07, 6.45) is -4.61. The van der Waals surface area contributed by atoms with Crippen LogP contribution in [0.3, 0.4) is 0 Å². The second kappa shape index (κ2) is 10.4. The molecule has 1 amide bonds. The minimum Gasteiger partial charge on any atom is -0.495 e. The minimum absolute atomic E-state index is 0.0295. The van der Waals surface area contributed by atoms with E-state index in [1.165, 1.54) is 27.3 Å². The summed E-state index contributed by atoms with van der Waals surface area (Å²) in [6, 6.07) is 6.64. The van der Waals surface area contributed by atoms with Gasteiger partial charge in [-0.05, 0) is 25.2 Å². The normalized spacial score (nSPS) is 14.5. The number of hydrogen-bond acceptors (Lipinski definition) is 7. The zero-order valence-corrected chi connectivity index (χ0v) is 20.6.